The van der Waals surface area contributed by atoms with E-state index in [2.05, 4.69) is 0 Å². The number of carbonyl (C=O) groups excluding carboxylic acids is 1. The number of nitrogens with zero attached hydrogens (tertiary/aromatic N) is 1. The molecule has 1 aliphatic heterocycles. The van der Waals surface area contributed by atoms with E-state index in [1.807, 2.05) is 7.05 Å². The maximum absolute atomic E-state index is 11.4. The minimum atomic E-state index is 0.0504. The van der Waals surface area contributed by atoms with Gasteiger partial charge in [0.05, 0.1) is 0 Å². The van der Waals surface area contributed by atoms with Gasteiger partial charge in [-0.2, -0.15) is 0 Å². The van der Waals surface area contributed by atoms with E-state index in [-0.39, 0.29) is 12.5 Å². The normalized spacial score (nSPS) is 18.6. The van der Waals surface area contributed by atoms with Gasteiger partial charge in [-0.05, 0) is 12.8 Å². The van der Waals surface area contributed by atoms with Gasteiger partial charge in [0.15, 0.2) is 0 Å². The summed E-state index contributed by atoms with van der Waals surface area (Å²) in [4.78, 5) is 13.2. The molecule has 0 aliphatic carbocycles. The summed E-state index contributed by atoms with van der Waals surface area (Å²) in [6, 6.07) is 0.330. The van der Waals surface area contributed by atoms with Gasteiger partial charge in [0.25, 0.3) is 0 Å². The summed E-state index contributed by atoms with van der Waals surface area (Å²) in [7, 11) is 3.37. The third kappa shape index (κ3) is 2.97. The standard InChI is InChI=1S/C9H17NO3/c1-10(9(11)7-12-2)8-3-5-13-6-4-8/h8H,3-7H2,1-2H3. The number of ether oxygens (including phenoxy) is 2. The predicted octanol–water partition coefficient (Wildman–Crippen LogP) is 0.270. The summed E-state index contributed by atoms with van der Waals surface area (Å²) in [5, 5.41) is 0. The smallest absolute Gasteiger partial charge is 0.248 e. The average Bonchev–Trinajstić information content (AvgIpc) is 2.18. The summed E-state index contributed by atoms with van der Waals surface area (Å²) in [5.74, 6) is 0.0504. The third-order valence-corrected chi connectivity index (χ3v) is 2.40. The van der Waals surface area contributed by atoms with E-state index in [4.69, 9.17) is 9.47 Å². The minimum Gasteiger partial charge on any atom is -0.381 e. The first-order chi connectivity index (χ1) is 6.25. The lowest BCUT2D eigenvalue weighted by atomic mass is 10.1. The van der Waals surface area contributed by atoms with Gasteiger partial charge in [0.1, 0.15) is 6.61 Å². The Labute approximate surface area is 78.8 Å². The van der Waals surface area contributed by atoms with Crippen LogP contribution < -0.4 is 0 Å². The Balaban J connectivity index is 2.35. The van der Waals surface area contributed by atoms with Crippen molar-refractivity contribution >= 4 is 5.91 Å². The van der Waals surface area contributed by atoms with E-state index in [1.165, 1.54) is 7.11 Å². The predicted molar refractivity (Wildman–Crippen MR) is 48.5 cm³/mol. The fourth-order valence-corrected chi connectivity index (χ4v) is 1.50. The van der Waals surface area contributed by atoms with Crippen molar-refractivity contribution in [3.63, 3.8) is 0 Å². The highest BCUT2D eigenvalue weighted by molar-refractivity contribution is 5.77. The van der Waals surface area contributed by atoms with Crippen LogP contribution in [0.15, 0.2) is 0 Å². The maximum atomic E-state index is 11.4. The van der Waals surface area contributed by atoms with Crippen LogP contribution in [-0.2, 0) is 14.3 Å². The van der Waals surface area contributed by atoms with Crippen molar-refractivity contribution in [2.75, 3.05) is 34.0 Å². The van der Waals surface area contributed by atoms with E-state index >= 15 is 0 Å². The van der Waals surface area contributed by atoms with Crippen molar-refractivity contribution in [2.24, 2.45) is 0 Å². The van der Waals surface area contributed by atoms with Crippen LogP contribution in [0.1, 0.15) is 12.8 Å². The van der Waals surface area contributed by atoms with Crippen LogP contribution in [0.4, 0.5) is 0 Å². The van der Waals surface area contributed by atoms with Crippen molar-refractivity contribution in [2.45, 2.75) is 18.9 Å². The molecule has 4 heteroatoms. The lowest BCUT2D eigenvalue weighted by Gasteiger charge is -2.31. The molecule has 1 fully saturated rings. The van der Waals surface area contributed by atoms with Gasteiger partial charge in [0, 0.05) is 33.4 Å². The van der Waals surface area contributed by atoms with E-state index in [1.54, 1.807) is 4.90 Å². The SMILES string of the molecule is COCC(=O)N(C)C1CCOCC1. The summed E-state index contributed by atoms with van der Waals surface area (Å²) in [6.07, 6.45) is 1.87. The van der Waals surface area contributed by atoms with Gasteiger partial charge in [-0.3, -0.25) is 4.79 Å². The molecule has 0 radical (unpaired) electrons. The van der Waals surface area contributed by atoms with Crippen molar-refractivity contribution in [1.29, 1.82) is 0 Å². The lowest BCUT2D eigenvalue weighted by molar-refractivity contribution is -0.137. The highest BCUT2D eigenvalue weighted by atomic mass is 16.5. The first kappa shape index (κ1) is 10.5. The number of rotatable bonds is 3. The Morgan fingerprint density at radius 1 is 1.54 bits per heavy atom. The average molecular weight is 187 g/mol. The molecular formula is C9H17NO3. The second-order valence-electron chi connectivity index (χ2n) is 3.28. The van der Waals surface area contributed by atoms with Crippen molar-refractivity contribution in [1.82, 2.24) is 4.90 Å². The van der Waals surface area contributed by atoms with Crippen LogP contribution in [0.5, 0.6) is 0 Å². The number of hydrogen-bond acceptors (Lipinski definition) is 3. The fraction of sp³-hybridized carbons (Fsp3) is 0.889. The molecule has 76 valence electrons. The van der Waals surface area contributed by atoms with E-state index in [9.17, 15) is 4.79 Å². The summed E-state index contributed by atoms with van der Waals surface area (Å²) in [5.41, 5.74) is 0. The fourth-order valence-electron chi connectivity index (χ4n) is 1.50. The molecular weight excluding hydrogens is 170 g/mol. The Kier molecular flexibility index (Phi) is 4.18. The quantitative estimate of drug-likeness (QED) is 0.636. The monoisotopic (exact) mass is 187 g/mol. The van der Waals surface area contributed by atoms with Gasteiger partial charge in [0.2, 0.25) is 5.91 Å². The zero-order valence-corrected chi connectivity index (χ0v) is 8.28. The molecule has 0 aromatic heterocycles. The molecule has 0 unspecified atom stereocenters. The first-order valence-electron chi connectivity index (χ1n) is 4.58. The molecule has 13 heavy (non-hydrogen) atoms. The molecule has 4 nitrogen and oxygen atoms in total. The van der Waals surface area contributed by atoms with Crippen LogP contribution in [0, 0.1) is 0 Å². The first-order valence-corrected chi connectivity index (χ1v) is 4.58. The number of carbonyl (C=O) groups is 1. The van der Waals surface area contributed by atoms with Gasteiger partial charge in [-0.15, -0.1) is 0 Å². The number of likely N-dealkylation sites (N-methyl/N-ethyl adjacent to an activating group) is 1. The van der Waals surface area contributed by atoms with Crippen LogP contribution in [0.25, 0.3) is 0 Å². The Hall–Kier alpha value is -0.610. The molecule has 1 saturated heterocycles. The highest BCUT2D eigenvalue weighted by Gasteiger charge is 2.21. The molecule has 1 aliphatic rings. The van der Waals surface area contributed by atoms with E-state index in [0.29, 0.717) is 6.04 Å². The van der Waals surface area contributed by atoms with Gasteiger partial charge in [-0.25, -0.2) is 0 Å². The van der Waals surface area contributed by atoms with Crippen LogP contribution in [-0.4, -0.2) is 50.8 Å². The Morgan fingerprint density at radius 3 is 2.69 bits per heavy atom. The molecule has 0 aromatic rings. The number of amides is 1. The van der Waals surface area contributed by atoms with E-state index < -0.39 is 0 Å². The number of methoxy groups -OCH3 is 1. The molecule has 0 bridgehead atoms. The second kappa shape index (κ2) is 5.19. The van der Waals surface area contributed by atoms with Crippen molar-refractivity contribution in [3.05, 3.63) is 0 Å². The molecule has 0 aromatic carbocycles. The molecule has 1 rings (SSSR count). The molecule has 0 N–H and O–H groups in total. The zero-order valence-electron chi connectivity index (χ0n) is 8.28. The lowest BCUT2D eigenvalue weighted by Crippen LogP contribution is -2.42. The number of hydrogen-bond donors (Lipinski definition) is 0. The maximum Gasteiger partial charge on any atom is 0.248 e. The summed E-state index contributed by atoms with van der Waals surface area (Å²) in [6.45, 7) is 1.69. The van der Waals surface area contributed by atoms with Crippen LogP contribution >= 0.6 is 0 Å². The topological polar surface area (TPSA) is 38.8 Å². The van der Waals surface area contributed by atoms with E-state index in [0.717, 1.165) is 26.1 Å². The minimum absolute atomic E-state index is 0.0504. The zero-order chi connectivity index (χ0) is 9.68. The van der Waals surface area contributed by atoms with Crippen molar-refractivity contribution < 1.29 is 14.3 Å². The van der Waals surface area contributed by atoms with Crippen LogP contribution in [0.3, 0.4) is 0 Å². The Morgan fingerprint density at radius 2 is 2.15 bits per heavy atom. The van der Waals surface area contributed by atoms with Gasteiger partial charge < -0.3 is 14.4 Å². The molecule has 0 spiro atoms. The second-order valence-corrected chi connectivity index (χ2v) is 3.28. The third-order valence-electron chi connectivity index (χ3n) is 2.40. The van der Waals surface area contributed by atoms with Crippen LogP contribution in [0.2, 0.25) is 0 Å². The summed E-state index contributed by atoms with van der Waals surface area (Å²) >= 11 is 0. The molecule has 0 atom stereocenters. The van der Waals surface area contributed by atoms with Crippen molar-refractivity contribution in [3.8, 4) is 0 Å². The summed E-state index contributed by atoms with van der Waals surface area (Å²) < 4.78 is 10.0. The Bertz CT molecular complexity index is 166. The largest absolute Gasteiger partial charge is 0.381 e. The molecule has 1 amide bonds. The van der Waals surface area contributed by atoms with Gasteiger partial charge >= 0.3 is 0 Å². The highest BCUT2D eigenvalue weighted by Crippen LogP contribution is 2.12. The van der Waals surface area contributed by atoms with Gasteiger partial charge in [-0.1, -0.05) is 0 Å². The molecule has 1 heterocycles. The molecule has 0 saturated carbocycles.